The van der Waals surface area contributed by atoms with Gasteiger partial charge in [-0.1, -0.05) is 0 Å². The van der Waals surface area contributed by atoms with E-state index in [-0.39, 0.29) is 12.0 Å². The Labute approximate surface area is 111 Å². The lowest BCUT2D eigenvalue weighted by Crippen LogP contribution is -2.28. The third-order valence-corrected chi connectivity index (χ3v) is 3.58. The smallest absolute Gasteiger partial charge is 0.414 e. The summed E-state index contributed by atoms with van der Waals surface area (Å²) in [5.41, 5.74) is 1.46. The molecule has 100 valence electrons. The van der Waals surface area contributed by atoms with Crippen LogP contribution < -0.4 is 4.90 Å². The molecule has 2 aliphatic rings. The Morgan fingerprint density at radius 2 is 1.74 bits per heavy atom. The topological polar surface area (TPSA) is 49.9 Å². The molecule has 2 amide bonds. The first-order valence-electron chi connectivity index (χ1n) is 6.59. The van der Waals surface area contributed by atoms with Crippen LogP contribution in [0, 0.1) is 0 Å². The van der Waals surface area contributed by atoms with Crippen molar-refractivity contribution >= 4 is 17.7 Å². The van der Waals surface area contributed by atoms with Gasteiger partial charge in [0.1, 0.15) is 6.61 Å². The number of carbonyl (C=O) groups excluding carboxylic acids is 2. The van der Waals surface area contributed by atoms with Crippen molar-refractivity contribution in [1.29, 1.82) is 0 Å². The number of hydrogen-bond donors (Lipinski definition) is 0. The van der Waals surface area contributed by atoms with Crippen molar-refractivity contribution in [3.63, 3.8) is 0 Å². The van der Waals surface area contributed by atoms with E-state index in [0.717, 1.165) is 31.6 Å². The third kappa shape index (κ3) is 2.28. The molecule has 2 fully saturated rings. The summed E-state index contributed by atoms with van der Waals surface area (Å²) in [6.45, 7) is 2.68. The van der Waals surface area contributed by atoms with Gasteiger partial charge in [0.25, 0.3) is 5.91 Å². The summed E-state index contributed by atoms with van der Waals surface area (Å²) >= 11 is 0. The van der Waals surface area contributed by atoms with E-state index in [1.165, 1.54) is 0 Å². The minimum Gasteiger partial charge on any atom is -0.447 e. The molecular formula is C14H16N2O3. The second kappa shape index (κ2) is 4.91. The van der Waals surface area contributed by atoms with Gasteiger partial charge in [-0.05, 0) is 37.1 Å². The van der Waals surface area contributed by atoms with Crippen molar-refractivity contribution in [2.24, 2.45) is 0 Å². The second-order valence-corrected chi connectivity index (χ2v) is 4.81. The van der Waals surface area contributed by atoms with Crippen LogP contribution in [-0.4, -0.2) is 43.1 Å². The molecule has 0 atom stereocenters. The van der Waals surface area contributed by atoms with E-state index in [4.69, 9.17) is 4.74 Å². The zero-order valence-electron chi connectivity index (χ0n) is 10.7. The number of carbonyl (C=O) groups is 2. The molecule has 2 heterocycles. The van der Waals surface area contributed by atoms with Gasteiger partial charge in [-0.15, -0.1) is 0 Å². The molecule has 0 bridgehead atoms. The normalized spacial score (nSPS) is 18.8. The minimum absolute atomic E-state index is 0.0769. The molecule has 19 heavy (non-hydrogen) atoms. The van der Waals surface area contributed by atoms with E-state index in [0.29, 0.717) is 18.7 Å². The molecular weight excluding hydrogens is 244 g/mol. The standard InChI is InChI=1S/C14H16N2O3/c17-13(15-7-1-2-8-15)11-3-5-12(6-4-11)16-9-10-19-14(16)18/h3-6H,1-2,7-10H2. The Morgan fingerprint density at radius 1 is 1.05 bits per heavy atom. The van der Waals surface area contributed by atoms with Crippen LogP contribution in [0.1, 0.15) is 23.2 Å². The average molecular weight is 260 g/mol. The maximum Gasteiger partial charge on any atom is 0.414 e. The molecule has 3 rings (SSSR count). The van der Waals surface area contributed by atoms with E-state index in [1.807, 2.05) is 4.90 Å². The fourth-order valence-electron chi connectivity index (χ4n) is 2.51. The zero-order valence-corrected chi connectivity index (χ0v) is 10.7. The van der Waals surface area contributed by atoms with Crippen molar-refractivity contribution in [3.05, 3.63) is 29.8 Å². The van der Waals surface area contributed by atoms with Crippen molar-refractivity contribution in [2.45, 2.75) is 12.8 Å². The Balaban J connectivity index is 1.75. The fraction of sp³-hybridized carbons (Fsp3) is 0.429. The van der Waals surface area contributed by atoms with Gasteiger partial charge in [0.15, 0.2) is 0 Å². The summed E-state index contributed by atoms with van der Waals surface area (Å²) in [5.74, 6) is 0.0769. The minimum atomic E-state index is -0.321. The number of anilines is 1. The lowest BCUT2D eigenvalue weighted by Gasteiger charge is -2.16. The van der Waals surface area contributed by atoms with Crippen LogP contribution in [0.15, 0.2) is 24.3 Å². The van der Waals surface area contributed by atoms with Gasteiger partial charge in [0, 0.05) is 24.3 Å². The first kappa shape index (κ1) is 12.0. The molecule has 0 aromatic heterocycles. The summed E-state index contributed by atoms with van der Waals surface area (Å²) in [6.07, 6.45) is 1.85. The van der Waals surface area contributed by atoms with E-state index >= 15 is 0 Å². The SMILES string of the molecule is O=C(c1ccc(N2CCOC2=O)cc1)N1CCCC1. The van der Waals surface area contributed by atoms with Crippen LogP contribution in [0.25, 0.3) is 0 Å². The molecule has 1 aromatic rings. The number of hydrogen-bond acceptors (Lipinski definition) is 3. The number of benzene rings is 1. The molecule has 0 unspecified atom stereocenters. The number of amides is 2. The van der Waals surface area contributed by atoms with Crippen LogP contribution in [-0.2, 0) is 4.74 Å². The Hall–Kier alpha value is -2.04. The Kier molecular flexibility index (Phi) is 3.11. The van der Waals surface area contributed by atoms with Crippen LogP contribution in [0.2, 0.25) is 0 Å². The van der Waals surface area contributed by atoms with Gasteiger partial charge in [-0.25, -0.2) is 4.79 Å². The highest BCUT2D eigenvalue weighted by atomic mass is 16.6. The molecule has 2 aliphatic heterocycles. The van der Waals surface area contributed by atoms with E-state index in [2.05, 4.69) is 0 Å². The quantitative estimate of drug-likeness (QED) is 0.815. The van der Waals surface area contributed by atoms with Crippen LogP contribution >= 0.6 is 0 Å². The molecule has 5 nitrogen and oxygen atoms in total. The second-order valence-electron chi connectivity index (χ2n) is 4.81. The third-order valence-electron chi connectivity index (χ3n) is 3.58. The number of nitrogens with zero attached hydrogens (tertiary/aromatic N) is 2. The zero-order chi connectivity index (χ0) is 13.2. The Morgan fingerprint density at radius 3 is 2.32 bits per heavy atom. The number of rotatable bonds is 2. The summed E-state index contributed by atoms with van der Waals surface area (Å²) in [5, 5.41) is 0. The first-order valence-corrected chi connectivity index (χ1v) is 6.59. The average Bonchev–Trinajstić information content (AvgIpc) is 3.09. The highest BCUT2D eigenvalue weighted by Crippen LogP contribution is 2.20. The molecule has 2 saturated heterocycles. The van der Waals surface area contributed by atoms with Gasteiger partial charge in [-0.2, -0.15) is 0 Å². The Bertz CT molecular complexity index is 492. The van der Waals surface area contributed by atoms with E-state index < -0.39 is 0 Å². The molecule has 1 aromatic carbocycles. The van der Waals surface area contributed by atoms with E-state index in [9.17, 15) is 9.59 Å². The van der Waals surface area contributed by atoms with Gasteiger partial charge in [0.2, 0.25) is 0 Å². The van der Waals surface area contributed by atoms with Crippen LogP contribution in [0.4, 0.5) is 10.5 Å². The number of ether oxygens (including phenoxy) is 1. The highest BCUT2D eigenvalue weighted by Gasteiger charge is 2.24. The van der Waals surface area contributed by atoms with Crippen LogP contribution in [0.5, 0.6) is 0 Å². The predicted octanol–water partition coefficient (Wildman–Crippen LogP) is 1.88. The summed E-state index contributed by atoms with van der Waals surface area (Å²) in [4.78, 5) is 27.0. The number of cyclic esters (lactones) is 1. The predicted molar refractivity (Wildman–Crippen MR) is 70.3 cm³/mol. The molecule has 0 saturated carbocycles. The lowest BCUT2D eigenvalue weighted by atomic mass is 10.1. The van der Waals surface area contributed by atoms with Crippen molar-refractivity contribution in [2.75, 3.05) is 31.1 Å². The summed E-state index contributed by atoms with van der Waals surface area (Å²) in [6, 6.07) is 7.16. The summed E-state index contributed by atoms with van der Waals surface area (Å²) < 4.78 is 4.89. The molecule has 0 aliphatic carbocycles. The van der Waals surface area contributed by atoms with Gasteiger partial charge < -0.3 is 9.64 Å². The van der Waals surface area contributed by atoms with Gasteiger partial charge in [-0.3, -0.25) is 9.69 Å². The fourth-order valence-corrected chi connectivity index (χ4v) is 2.51. The molecule has 0 N–H and O–H groups in total. The monoisotopic (exact) mass is 260 g/mol. The van der Waals surface area contributed by atoms with Gasteiger partial charge >= 0.3 is 6.09 Å². The molecule has 0 radical (unpaired) electrons. The van der Waals surface area contributed by atoms with Crippen LogP contribution in [0.3, 0.4) is 0 Å². The first-order chi connectivity index (χ1) is 9.25. The molecule has 0 spiro atoms. The van der Waals surface area contributed by atoms with Gasteiger partial charge in [0.05, 0.1) is 6.54 Å². The molecule has 5 heteroatoms. The van der Waals surface area contributed by atoms with Crippen molar-refractivity contribution in [3.8, 4) is 0 Å². The van der Waals surface area contributed by atoms with Crippen molar-refractivity contribution in [1.82, 2.24) is 4.90 Å². The maximum absolute atomic E-state index is 12.2. The highest BCUT2D eigenvalue weighted by molar-refractivity contribution is 5.95. The largest absolute Gasteiger partial charge is 0.447 e. The number of likely N-dealkylation sites (tertiary alicyclic amines) is 1. The summed E-state index contributed by atoms with van der Waals surface area (Å²) in [7, 11) is 0. The lowest BCUT2D eigenvalue weighted by molar-refractivity contribution is 0.0793. The van der Waals surface area contributed by atoms with E-state index in [1.54, 1.807) is 29.2 Å². The van der Waals surface area contributed by atoms with Crippen molar-refractivity contribution < 1.29 is 14.3 Å². The maximum atomic E-state index is 12.2.